The zero-order chi connectivity index (χ0) is 17.1. The first-order chi connectivity index (χ1) is 11.5. The SMILES string of the molecule is COc1ccc(/N=N/c2nc3c(=O)[nH]c(NC(C)=O)nc3[nH]2)cc1. The van der Waals surface area contributed by atoms with Gasteiger partial charge in [0.15, 0.2) is 11.2 Å². The first-order valence-corrected chi connectivity index (χ1v) is 6.88. The Labute approximate surface area is 135 Å². The Hall–Kier alpha value is -3.56. The van der Waals surface area contributed by atoms with Crippen LogP contribution in [0.5, 0.6) is 5.75 Å². The zero-order valence-electron chi connectivity index (χ0n) is 12.8. The molecule has 0 unspecified atom stereocenters. The molecule has 1 amide bonds. The molecule has 0 aliphatic heterocycles. The van der Waals surface area contributed by atoms with Crippen LogP contribution in [0.1, 0.15) is 6.92 Å². The smallest absolute Gasteiger partial charge is 0.280 e. The van der Waals surface area contributed by atoms with Gasteiger partial charge in [-0.3, -0.25) is 19.9 Å². The summed E-state index contributed by atoms with van der Waals surface area (Å²) in [6.07, 6.45) is 0. The molecular formula is C14H13N7O3. The van der Waals surface area contributed by atoms with Crippen LogP contribution in [0.15, 0.2) is 39.3 Å². The predicted molar refractivity (Wildman–Crippen MR) is 86.0 cm³/mol. The third kappa shape index (κ3) is 3.27. The maximum absolute atomic E-state index is 11.9. The topological polar surface area (TPSA) is 137 Å². The number of azo groups is 1. The van der Waals surface area contributed by atoms with Crippen LogP contribution in [0, 0.1) is 0 Å². The molecule has 0 fully saturated rings. The molecule has 0 aliphatic rings. The van der Waals surface area contributed by atoms with Gasteiger partial charge in [0.2, 0.25) is 17.8 Å². The monoisotopic (exact) mass is 327 g/mol. The van der Waals surface area contributed by atoms with Crippen molar-refractivity contribution >= 4 is 34.7 Å². The van der Waals surface area contributed by atoms with Crippen molar-refractivity contribution in [2.75, 3.05) is 12.4 Å². The van der Waals surface area contributed by atoms with Gasteiger partial charge in [0.05, 0.1) is 12.8 Å². The van der Waals surface area contributed by atoms with Crippen LogP contribution in [0.3, 0.4) is 0 Å². The van der Waals surface area contributed by atoms with Crippen molar-refractivity contribution in [3.05, 3.63) is 34.6 Å². The van der Waals surface area contributed by atoms with Crippen LogP contribution in [-0.2, 0) is 4.79 Å². The summed E-state index contributed by atoms with van der Waals surface area (Å²) in [6.45, 7) is 1.31. The number of fused-ring (bicyclic) bond motifs is 1. The van der Waals surface area contributed by atoms with Crippen LogP contribution in [0.2, 0.25) is 0 Å². The number of benzene rings is 1. The highest BCUT2D eigenvalue weighted by atomic mass is 16.5. The summed E-state index contributed by atoms with van der Waals surface area (Å²) in [4.78, 5) is 36.2. The number of nitrogens with zero attached hydrogens (tertiary/aromatic N) is 4. The number of carbonyl (C=O) groups is 1. The Morgan fingerprint density at radius 2 is 1.92 bits per heavy atom. The number of hydrogen-bond acceptors (Lipinski definition) is 7. The minimum Gasteiger partial charge on any atom is -0.497 e. The molecule has 3 aromatic rings. The average Bonchev–Trinajstić information content (AvgIpc) is 2.96. The largest absolute Gasteiger partial charge is 0.497 e. The van der Waals surface area contributed by atoms with E-state index in [1.807, 2.05) is 0 Å². The lowest BCUT2D eigenvalue weighted by Crippen LogP contribution is -2.15. The molecule has 0 bridgehead atoms. The predicted octanol–water partition coefficient (Wildman–Crippen LogP) is 2.03. The molecule has 0 aliphatic carbocycles. The highest BCUT2D eigenvalue weighted by molar-refractivity contribution is 5.87. The van der Waals surface area contributed by atoms with Gasteiger partial charge in [0.25, 0.3) is 5.56 Å². The lowest BCUT2D eigenvalue weighted by molar-refractivity contribution is -0.114. The molecule has 0 radical (unpaired) electrons. The number of nitrogens with one attached hydrogen (secondary N) is 3. The van der Waals surface area contributed by atoms with Crippen molar-refractivity contribution < 1.29 is 9.53 Å². The van der Waals surface area contributed by atoms with Crippen molar-refractivity contribution in [3.8, 4) is 5.75 Å². The van der Waals surface area contributed by atoms with Crippen LogP contribution in [0.4, 0.5) is 17.6 Å². The lowest BCUT2D eigenvalue weighted by Gasteiger charge is -1.98. The standard InChI is InChI=1S/C14H13N7O3/c1-7(22)15-13-17-11-10(12(23)19-13)16-14(18-11)21-20-8-3-5-9(24-2)6-4-8/h3-6H,1-2H3,(H3,15,16,17,18,19,22,23)/b21-20+. The number of methoxy groups -OCH3 is 1. The minimum absolute atomic E-state index is 0.0299. The number of rotatable bonds is 4. The van der Waals surface area contributed by atoms with E-state index < -0.39 is 5.56 Å². The molecule has 0 saturated heterocycles. The quantitative estimate of drug-likeness (QED) is 0.629. The van der Waals surface area contributed by atoms with E-state index in [0.29, 0.717) is 11.4 Å². The number of amides is 1. The van der Waals surface area contributed by atoms with E-state index in [1.165, 1.54) is 6.92 Å². The van der Waals surface area contributed by atoms with Crippen molar-refractivity contribution in [2.24, 2.45) is 10.2 Å². The summed E-state index contributed by atoms with van der Waals surface area (Å²) in [5.74, 6) is 0.511. The van der Waals surface area contributed by atoms with Gasteiger partial charge in [-0.25, -0.2) is 4.98 Å². The highest BCUT2D eigenvalue weighted by Crippen LogP contribution is 2.20. The molecule has 0 atom stereocenters. The maximum atomic E-state index is 11.9. The molecule has 3 rings (SSSR count). The number of carbonyl (C=O) groups excluding carboxylic acids is 1. The van der Waals surface area contributed by atoms with Gasteiger partial charge in [-0.1, -0.05) is 0 Å². The van der Waals surface area contributed by atoms with Crippen LogP contribution >= 0.6 is 0 Å². The number of hydrogen-bond donors (Lipinski definition) is 3. The number of imidazole rings is 1. The fourth-order valence-electron chi connectivity index (χ4n) is 1.92. The molecule has 10 nitrogen and oxygen atoms in total. The Kier molecular flexibility index (Phi) is 4.01. The summed E-state index contributed by atoms with van der Waals surface area (Å²) >= 11 is 0. The van der Waals surface area contributed by atoms with Crippen molar-refractivity contribution in [1.29, 1.82) is 0 Å². The van der Waals surface area contributed by atoms with Gasteiger partial charge in [-0.2, -0.15) is 4.98 Å². The van der Waals surface area contributed by atoms with E-state index in [4.69, 9.17) is 4.74 Å². The number of aromatic nitrogens is 4. The van der Waals surface area contributed by atoms with E-state index in [0.717, 1.165) is 0 Å². The van der Waals surface area contributed by atoms with Crippen LogP contribution < -0.4 is 15.6 Å². The van der Waals surface area contributed by atoms with Gasteiger partial charge in [-0.05, 0) is 24.3 Å². The van der Waals surface area contributed by atoms with E-state index in [9.17, 15) is 9.59 Å². The molecular weight excluding hydrogens is 314 g/mol. The number of ether oxygens (including phenoxy) is 1. The summed E-state index contributed by atoms with van der Waals surface area (Å²) in [6, 6.07) is 6.95. The summed E-state index contributed by atoms with van der Waals surface area (Å²) < 4.78 is 5.06. The number of aromatic amines is 2. The Morgan fingerprint density at radius 1 is 1.17 bits per heavy atom. The maximum Gasteiger partial charge on any atom is 0.280 e. The third-order valence-electron chi connectivity index (χ3n) is 2.97. The van der Waals surface area contributed by atoms with Gasteiger partial charge in [-0.15, -0.1) is 10.2 Å². The highest BCUT2D eigenvalue weighted by Gasteiger charge is 2.10. The van der Waals surface area contributed by atoms with Crippen molar-refractivity contribution in [2.45, 2.75) is 6.92 Å². The van der Waals surface area contributed by atoms with Gasteiger partial charge in [0.1, 0.15) is 5.75 Å². The first kappa shape index (κ1) is 15.3. The molecule has 2 heterocycles. The Balaban J connectivity index is 1.89. The molecule has 0 spiro atoms. The lowest BCUT2D eigenvalue weighted by atomic mass is 10.3. The van der Waals surface area contributed by atoms with Gasteiger partial charge >= 0.3 is 0 Å². The molecule has 10 heteroatoms. The summed E-state index contributed by atoms with van der Waals surface area (Å²) in [5, 5.41) is 10.3. The molecule has 2 aromatic heterocycles. The zero-order valence-corrected chi connectivity index (χ0v) is 12.8. The molecule has 24 heavy (non-hydrogen) atoms. The molecule has 1 aromatic carbocycles. The van der Waals surface area contributed by atoms with Crippen LogP contribution in [0.25, 0.3) is 11.2 Å². The number of anilines is 1. The summed E-state index contributed by atoms with van der Waals surface area (Å²) in [7, 11) is 1.57. The van der Waals surface area contributed by atoms with E-state index in [2.05, 4.69) is 35.5 Å². The van der Waals surface area contributed by atoms with Gasteiger partial charge < -0.3 is 9.72 Å². The molecule has 122 valence electrons. The third-order valence-corrected chi connectivity index (χ3v) is 2.97. The van der Waals surface area contributed by atoms with Crippen LogP contribution in [-0.4, -0.2) is 33.0 Å². The fourth-order valence-corrected chi connectivity index (χ4v) is 1.92. The van der Waals surface area contributed by atoms with E-state index in [1.54, 1.807) is 31.4 Å². The van der Waals surface area contributed by atoms with E-state index in [-0.39, 0.29) is 29.0 Å². The average molecular weight is 327 g/mol. The molecule has 0 saturated carbocycles. The first-order valence-electron chi connectivity index (χ1n) is 6.88. The molecule has 3 N–H and O–H groups in total. The number of H-pyrrole nitrogens is 2. The normalized spacial score (nSPS) is 11.1. The van der Waals surface area contributed by atoms with E-state index >= 15 is 0 Å². The van der Waals surface area contributed by atoms with Crippen molar-refractivity contribution in [1.82, 2.24) is 19.9 Å². The minimum atomic E-state index is -0.495. The van der Waals surface area contributed by atoms with Crippen molar-refractivity contribution in [3.63, 3.8) is 0 Å². The summed E-state index contributed by atoms with van der Waals surface area (Å²) in [5.41, 5.74) is 0.377. The second kappa shape index (κ2) is 6.28. The fraction of sp³-hybridized carbons (Fsp3) is 0.143. The Morgan fingerprint density at radius 3 is 2.58 bits per heavy atom. The second-order valence-electron chi connectivity index (χ2n) is 4.75. The Bertz CT molecular complexity index is 972. The second-order valence-corrected chi connectivity index (χ2v) is 4.75. The van der Waals surface area contributed by atoms with Gasteiger partial charge in [0, 0.05) is 6.92 Å².